The topological polar surface area (TPSA) is 80.5 Å². The van der Waals surface area contributed by atoms with E-state index in [9.17, 15) is 4.79 Å². The summed E-state index contributed by atoms with van der Waals surface area (Å²) < 4.78 is 6.53. The lowest BCUT2D eigenvalue weighted by atomic mass is 9.90. The number of hydrogen-bond donors (Lipinski definition) is 2. The lowest BCUT2D eigenvalue weighted by molar-refractivity contribution is 0.0198. The van der Waals surface area contributed by atoms with Crippen molar-refractivity contribution in [2.75, 3.05) is 24.1 Å². The standard InChI is InChI=1S/C25H29BrN4O2/c1-25(2,3)32-24(31)30-12-4-5-17(15-30)16-6-9-19(10-7-16)29-23-20-13-18(26)8-11-22(20)28-14-21(23)27/h6-11,13-14,17H,4-5,12,15,27H2,1-3H3,(H,28,29). The Morgan fingerprint density at radius 2 is 1.97 bits per heavy atom. The number of piperidine rings is 1. The van der Waals surface area contributed by atoms with Crippen molar-refractivity contribution in [2.45, 2.75) is 45.1 Å². The summed E-state index contributed by atoms with van der Waals surface area (Å²) in [7, 11) is 0. The quantitative estimate of drug-likeness (QED) is 0.436. The molecule has 7 heteroatoms. The van der Waals surface area contributed by atoms with Gasteiger partial charge in [0.25, 0.3) is 0 Å². The number of hydrogen-bond acceptors (Lipinski definition) is 5. The van der Waals surface area contributed by atoms with Crippen molar-refractivity contribution in [3.05, 3.63) is 58.7 Å². The number of benzene rings is 2. The highest BCUT2D eigenvalue weighted by atomic mass is 79.9. The Kier molecular flexibility index (Phi) is 6.29. The van der Waals surface area contributed by atoms with E-state index < -0.39 is 5.60 Å². The number of ether oxygens (including phenoxy) is 1. The van der Waals surface area contributed by atoms with Gasteiger partial charge in [0, 0.05) is 34.6 Å². The number of anilines is 3. The van der Waals surface area contributed by atoms with Gasteiger partial charge >= 0.3 is 6.09 Å². The van der Waals surface area contributed by atoms with Gasteiger partial charge in [-0.25, -0.2) is 4.79 Å². The number of carbonyl (C=O) groups excluding carboxylic acids is 1. The molecule has 2 heterocycles. The summed E-state index contributed by atoms with van der Waals surface area (Å²) in [6, 6.07) is 14.3. The Morgan fingerprint density at radius 1 is 1.22 bits per heavy atom. The first-order chi connectivity index (χ1) is 15.2. The molecular formula is C25H29BrN4O2. The van der Waals surface area contributed by atoms with Crippen LogP contribution in [0.2, 0.25) is 0 Å². The summed E-state index contributed by atoms with van der Waals surface area (Å²) in [5.74, 6) is 0.299. The second kappa shape index (κ2) is 8.98. The van der Waals surface area contributed by atoms with E-state index in [0.29, 0.717) is 18.2 Å². The molecule has 168 valence electrons. The summed E-state index contributed by atoms with van der Waals surface area (Å²) in [4.78, 5) is 18.7. The summed E-state index contributed by atoms with van der Waals surface area (Å²) >= 11 is 3.53. The van der Waals surface area contributed by atoms with Gasteiger partial charge in [-0.2, -0.15) is 0 Å². The van der Waals surface area contributed by atoms with Crippen LogP contribution in [0.3, 0.4) is 0 Å². The fraction of sp³-hybridized carbons (Fsp3) is 0.360. The molecule has 3 N–H and O–H groups in total. The maximum absolute atomic E-state index is 12.5. The van der Waals surface area contributed by atoms with Crippen LogP contribution in [-0.4, -0.2) is 34.7 Å². The Balaban J connectivity index is 1.49. The van der Waals surface area contributed by atoms with Gasteiger partial charge in [-0.15, -0.1) is 0 Å². The lowest BCUT2D eigenvalue weighted by Crippen LogP contribution is -2.42. The van der Waals surface area contributed by atoms with Crippen LogP contribution in [0.15, 0.2) is 53.1 Å². The zero-order valence-corrected chi connectivity index (χ0v) is 20.3. The average Bonchev–Trinajstić information content (AvgIpc) is 2.75. The fourth-order valence-electron chi connectivity index (χ4n) is 4.04. The van der Waals surface area contributed by atoms with Gasteiger partial charge in [-0.1, -0.05) is 28.1 Å². The van der Waals surface area contributed by atoms with Gasteiger partial charge in [0.15, 0.2) is 0 Å². The van der Waals surface area contributed by atoms with Crippen LogP contribution in [0.25, 0.3) is 10.9 Å². The van der Waals surface area contributed by atoms with Gasteiger partial charge in [0.05, 0.1) is 23.1 Å². The molecule has 4 rings (SSSR count). The van der Waals surface area contributed by atoms with Gasteiger partial charge in [0.2, 0.25) is 0 Å². The summed E-state index contributed by atoms with van der Waals surface area (Å²) in [6.07, 6.45) is 3.48. The van der Waals surface area contributed by atoms with Gasteiger partial charge in [-0.3, -0.25) is 4.98 Å². The number of fused-ring (bicyclic) bond motifs is 1. The highest BCUT2D eigenvalue weighted by molar-refractivity contribution is 9.10. The number of nitrogens with one attached hydrogen (secondary N) is 1. The van der Waals surface area contributed by atoms with Gasteiger partial charge in [-0.05, 0) is 69.5 Å². The first-order valence-corrected chi connectivity index (χ1v) is 11.7. The summed E-state index contributed by atoms with van der Waals surface area (Å²) in [6.45, 7) is 7.12. The Morgan fingerprint density at radius 3 is 2.69 bits per heavy atom. The molecule has 1 aliphatic rings. The van der Waals surface area contributed by atoms with Crippen molar-refractivity contribution in [2.24, 2.45) is 0 Å². The van der Waals surface area contributed by atoms with Crippen LogP contribution in [0.5, 0.6) is 0 Å². The van der Waals surface area contributed by atoms with Crippen molar-refractivity contribution in [3.8, 4) is 0 Å². The molecule has 6 nitrogen and oxygen atoms in total. The van der Waals surface area contributed by atoms with E-state index in [4.69, 9.17) is 10.5 Å². The highest BCUT2D eigenvalue weighted by Crippen LogP contribution is 2.34. The average molecular weight is 497 g/mol. The molecule has 1 aliphatic heterocycles. The number of halogens is 1. The smallest absolute Gasteiger partial charge is 0.410 e. The minimum atomic E-state index is -0.480. The van der Waals surface area contributed by atoms with Crippen LogP contribution < -0.4 is 11.1 Å². The molecule has 0 spiro atoms. The third kappa shape index (κ3) is 5.15. The number of nitrogen functional groups attached to an aromatic ring is 1. The van der Waals surface area contributed by atoms with Crippen molar-refractivity contribution in [1.82, 2.24) is 9.88 Å². The maximum Gasteiger partial charge on any atom is 0.410 e. The Labute approximate surface area is 197 Å². The number of nitrogens with zero attached hydrogens (tertiary/aromatic N) is 2. The number of amides is 1. The molecule has 0 radical (unpaired) electrons. The molecule has 1 unspecified atom stereocenters. The molecule has 1 saturated heterocycles. The molecule has 3 aromatic rings. The zero-order chi connectivity index (χ0) is 22.9. The SMILES string of the molecule is CC(C)(C)OC(=O)N1CCCC(c2ccc(Nc3c(N)cnc4ccc(Br)cc34)cc2)C1. The molecule has 2 aromatic carbocycles. The molecule has 1 atom stereocenters. The lowest BCUT2D eigenvalue weighted by Gasteiger charge is -2.34. The van der Waals surface area contributed by atoms with Crippen LogP contribution in [-0.2, 0) is 4.74 Å². The number of likely N-dealkylation sites (tertiary alicyclic amines) is 1. The predicted molar refractivity (Wildman–Crippen MR) is 133 cm³/mol. The summed E-state index contributed by atoms with van der Waals surface area (Å²) in [5.41, 5.74) is 10.2. The van der Waals surface area contributed by atoms with E-state index in [2.05, 4.69) is 50.5 Å². The Hall–Kier alpha value is -2.80. The normalized spacial score (nSPS) is 16.8. The second-order valence-corrected chi connectivity index (χ2v) is 10.2. The second-order valence-electron chi connectivity index (χ2n) is 9.26. The first kappa shape index (κ1) is 22.4. The number of rotatable bonds is 3. The Bertz CT molecular complexity index is 1120. The zero-order valence-electron chi connectivity index (χ0n) is 18.7. The van der Waals surface area contributed by atoms with E-state index in [-0.39, 0.29) is 6.09 Å². The first-order valence-electron chi connectivity index (χ1n) is 10.9. The van der Waals surface area contributed by atoms with Gasteiger partial charge < -0.3 is 20.7 Å². The summed E-state index contributed by atoms with van der Waals surface area (Å²) in [5, 5.41) is 4.42. The van der Waals surface area contributed by atoms with Crippen molar-refractivity contribution in [3.63, 3.8) is 0 Å². The van der Waals surface area contributed by atoms with Crippen LogP contribution >= 0.6 is 15.9 Å². The minimum absolute atomic E-state index is 0.230. The van der Waals surface area contributed by atoms with E-state index in [0.717, 1.165) is 46.1 Å². The third-order valence-corrected chi connectivity index (χ3v) is 6.08. The number of carbonyl (C=O) groups is 1. The third-order valence-electron chi connectivity index (χ3n) is 5.58. The molecule has 1 amide bonds. The van der Waals surface area contributed by atoms with E-state index in [1.54, 1.807) is 6.20 Å². The molecule has 32 heavy (non-hydrogen) atoms. The number of nitrogens with two attached hydrogens (primary N) is 1. The van der Waals surface area contributed by atoms with Crippen molar-refractivity contribution in [1.29, 1.82) is 0 Å². The van der Waals surface area contributed by atoms with Crippen LogP contribution in [0, 0.1) is 0 Å². The highest BCUT2D eigenvalue weighted by Gasteiger charge is 2.28. The maximum atomic E-state index is 12.5. The number of aromatic nitrogens is 1. The van der Waals surface area contributed by atoms with Crippen LogP contribution in [0.1, 0.15) is 45.1 Å². The monoisotopic (exact) mass is 496 g/mol. The molecule has 1 aromatic heterocycles. The van der Waals surface area contributed by atoms with E-state index in [1.807, 2.05) is 43.9 Å². The minimum Gasteiger partial charge on any atom is -0.444 e. The molecule has 1 fully saturated rings. The van der Waals surface area contributed by atoms with E-state index >= 15 is 0 Å². The van der Waals surface area contributed by atoms with Crippen molar-refractivity contribution < 1.29 is 9.53 Å². The largest absolute Gasteiger partial charge is 0.444 e. The molecule has 0 bridgehead atoms. The molecular weight excluding hydrogens is 468 g/mol. The fourth-order valence-corrected chi connectivity index (χ4v) is 4.41. The molecule has 0 saturated carbocycles. The number of pyridine rings is 1. The molecule has 0 aliphatic carbocycles. The van der Waals surface area contributed by atoms with Crippen molar-refractivity contribution >= 4 is 50.0 Å². The van der Waals surface area contributed by atoms with Gasteiger partial charge in [0.1, 0.15) is 5.60 Å². The van der Waals surface area contributed by atoms with Crippen LogP contribution in [0.4, 0.5) is 21.9 Å². The predicted octanol–water partition coefficient (Wildman–Crippen LogP) is 6.44. The van der Waals surface area contributed by atoms with E-state index in [1.165, 1.54) is 5.56 Å².